The lowest BCUT2D eigenvalue weighted by atomic mass is 9.50. The molecule has 4 bridgehead atoms. The first-order valence-corrected chi connectivity index (χ1v) is 12.3. The molecule has 0 spiro atoms. The Morgan fingerprint density at radius 1 is 1.00 bits per heavy atom. The highest BCUT2D eigenvalue weighted by atomic mass is 15.1. The Morgan fingerprint density at radius 3 is 2.65 bits per heavy atom. The maximum absolute atomic E-state index is 6.81. The van der Waals surface area contributed by atoms with E-state index in [4.69, 9.17) is 15.7 Å². The Bertz CT molecular complexity index is 1390. The van der Waals surface area contributed by atoms with Gasteiger partial charge in [0.05, 0.1) is 34.3 Å². The molecule has 7 nitrogen and oxygen atoms in total. The number of hydrogen-bond acceptors (Lipinski definition) is 6. The van der Waals surface area contributed by atoms with E-state index in [1.54, 1.807) is 0 Å². The van der Waals surface area contributed by atoms with E-state index < -0.39 is 0 Å². The van der Waals surface area contributed by atoms with Gasteiger partial charge in [0.25, 0.3) is 0 Å². The van der Waals surface area contributed by atoms with Crippen LogP contribution in [0.25, 0.3) is 33.7 Å². The average molecular weight is 452 g/mol. The first kappa shape index (κ1) is 20.1. The van der Waals surface area contributed by atoms with Crippen LogP contribution in [0, 0.1) is 18.8 Å². The van der Waals surface area contributed by atoms with E-state index in [0.29, 0.717) is 0 Å². The molecule has 4 atom stereocenters. The second-order valence-corrected chi connectivity index (χ2v) is 11.0. The van der Waals surface area contributed by atoms with Gasteiger partial charge < -0.3 is 11.1 Å². The van der Waals surface area contributed by atoms with Gasteiger partial charge in [0.2, 0.25) is 0 Å². The summed E-state index contributed by atoms with van der Waals surface area (Å²) in [6.07, 6.45) is 11.1. The van der Waals surface area contributed by atoms with Crippen molar-refractivity contribution in [1.82, 2.24) is 25.1 Å². The van der Waals surface area contributed by atoms with Crippen LogP contribution in [0.1, 0.15) is 44.2 Å². The van der Waals surface area contributed by atoms with Gasteiger partial charge in [-0.3, -0.25) is 15.1 Å². The SMILES string of the molecule is Cc1cccc(-c2n[nH]cc2-c2ccc3ncc(NC45C[C@@H]6C[C@@H](CC(N)(C6)C4)C5)cc3n2)n1. The Kier molecular flexibility index (Phi) is 4.19. The molecule has 8 rings (SSSR count). The Hall–Kier alpha value is -3.32. The van der Waals surface area contributed by atoms with Crippen molar-refractivity contribution < 1.29 is 0 Å². The fraction of sp³-hybridized carbons (Fsp3) is 0.407. The Morgan fingerprint density at radius 2 is 1.85 bits per heavy atom. The number of rotatable bonds is 4. The summed E-state index contributed by atoms with van der Waals surface area (Å²) in [5, 5.41) is 11.3. The Balaban J connectivity index is 1.23. The first-order chi connectivity index (χ1) is 16.5. The molecule has 0 amide bonds. The number of fused-ring (bicyclic) bond motifs is 1. The van der Waals surface area contributed by atoms with Crippen molar-refractivity contribution in [3.8, 4) is 22.6 Å². The molecule has 4 aromatic heterocycles. The van der Waals surface area contributed by atoms with Crippen molar-refractivity contribution >= 4 is 16.7 Å². The van der Waals surface area contributed by atoms with Crippen LogP contribution >= 0.6 is 0 Å². The molecule has 4 saturated carbocycles. The number of nitrogens with two attached hydrogens (primary N) is 1. The van der Waals surface area contributed by atoms with E-state index in [2.05, 4.69) is 26.6 Å². The second-order valence-electron chi connectivity index (χ2n) is 11.0. The number of pyridine rings is 3. The van der Waals surface area contributed by atoms with Crippen LogP contribution < -0.4 is 11.1 Å². The summed E-state index contributed by atoms with van der Waals surface area (Å²) in [5.74, 6) is 1.51. The van der Waals surface area contributed by atoms with Crippen LogP contribution in [0.3, 0.4) is 0 Å². The number of nitrogens with zero attached hydrogens (tertiary/aromatic N) is 4. The number of aromatic amines is 1. The van der Waals surface area contributed by atoms with Crippen LogP contribution in [0.5, 0.6) is 0 Å². The third kappa shape index (κ3) is 3.29. The number of aromatic nitrogens is 5. The molecule has 0 aliphatic heterocycles. The molecule has 4 aliphatic rings. The van der Waals surface area contributed by atoms with Gasteiger partial charge in [-0.2, -0.15) is 5.10 Å². The van der Waals surface area contributed by atoms with Crippen molar-refractivity contribution in [2.24, 2.45) is 17.6 Å². The normalized spacial score (nSPS) is 29.6. The van der Waals surface area contributed by atoms with Gasteiger partial charge in [0.1, 0.15) is 5.69 Å². The lowest BCUT2D eigenvalue weighted by molar-refractivity contribution is -0.00776. The van der Waals surface area contributed by atoms with Gasteiger partial charge in [0.15, 0.2) is 0 Å². The number of aryl methyl sites for hydroxylation is 1. The van der Waals surface area contributed by atoms with E-state index in [1.165, 1.54) is 32.1 Å². The molecule has 2 unspecified atom stereocenters. The summed E-state index contributed by atoms with van der Waals surface area (Å²) in [7, 11) is 0. The second kappa shape index (κ2) is 7.09. The zero-order valence-corrected chi connectivity index (χ0v) is 19.4. The molecule has 4 fully saturated rings. The van der Waals surface area contributed by atoms with Gasteiger partial charge in [-0.1, -0.05) is 6.07 Å². The van der Waals surface area contributed by atoms with Crippen molar-refractivity contribution in [3.05, 3.63) is 54.5 Å². The quantitative estimate of drug-likeness (QED) is 0.409. The molecule has 0 radical (unpaired) electrons. The summed E-state index contributed by atoms with van der Waals surface area (Å²) in [6.45, 7) is 1.99. The smallest absolute Gasteiger partial charge is 0.120 e. The summed E-state index contributed by atoms with van der Waals surface area (Å²) >= 11 is 0. The minimum absolute atomic E-state index is 0.00823. The molecule has 4 aromatic rings. The monoisotopic (exact) mass is 451 g/mol. The van der Waals surface area contributed by atoms with Gasteiger partial charge in [-0.05, 0) is 87.6 Å². The van der Waals surface area contributed by atoms with E-state index in [0.717, 1.165) is 63.3 Å². The lowest BCUT2D eigenvalue weighted by Gasteiger charge is -2.61. The molecule has 4 aliphatic carbocycles. The number of H-pyrrole nitrogens is 1. The molecular formula is C27H29N7. The largest absolute Gasteiger partial charge is 0.378 e. The van der Waals surface area contributed by atoms with Crippen LogP contribution in [-0.2, 0) is 0 Å². The maximum Gasteiger partial charge on any atom is 0.120 e. The number of nitrogens with one attached hydrogen (secondary N) is 2. The third-order valence-corrected chi connectivity index (χ3v) is 8.10. The van der Waals surface area contributed by atoms with Crippen LogP contribution in [-0.4, -0.2) is 36.2 Å². The van der Waals surface area contributed by atoms with Gasteiger partial charge in [0, 0.05) is 28.5 Å². The molecular weight excluding hydrogens is 422 g/mol. The maximum atomic E-state index is 6.81. The fourth-order valence-corrected chi connectivity index (χ4v) is 7.37. The van der Waals surface area contributed by atoms with E-state index in [9.17, 15) is 0 Å². The van der Waals surface area contributed by atoms with Crippen molar-refractivity contribution in [2.45, 2.75) is 56.5 Å². The van der Waals surface area contributed by atoms with Crippen molar-refractivity contribution in [2.75, 3.05) is 5.32 Å². The zero-order chi connectivity index (χ0) is 22.9. The topological polar surface area (TPSA) is 105 Å². The molecule has 34 heavy (non-hydrogen) atoms. The average Bonchev–Trinajstić information content (AvgIpc) is 3.27. The standard InChI is InChI=1S/C27H29N7/c1-16-3-2-4-23(31-16)25-20(14-30-34-25)21-5-6-22-24(32-21)8-19(13-29-22)33-27-11-17-7-18(12-27)10-26(28,9-17)15-27/h2-6,8,13-14,17-18,33H,7,9-12,15,28H2,1H3,(H,30,34)/t17-,18+,26?,27?. The predicted octanol–water partition coefficient (Wildman–Crippen LogP) is 4.85. The lowest BCUT2D eigenvalue weighted by Crippen LogP contribution is -2.65. The molecule has 4 heterocycles. The first-order valence-electron chi connectivity index (χ1n) is 12.3. The van der Waals surface area contributed by atoms with Gasteiger partial charge >= 0.3 is 0 Å². The summed E-state index contributed by atoms with van der Waals surface area (Å²) in [6, 6.07) is 12.1. The van der Waals surface area contributed by atoms with E-state index in [-0.39, 0.29) is 11.1 Å². The summed E-state index contributed by atoms with van der Waals surface area (Å²) in [4.78, 5) is 14.3. The van der Waals surface area contributed by atoms with Crippen LogP contribution in [0.2, 0.25) is 0 Å². The van der Waals surface area contributed by atoms with Crippen molar-refractivity contribution in [1.29, 1.82) is 0 Å². The molecule has 7 heteroatoms. The van der Waals surface area contributed by atoms with Crippen LogP contribution in [0.15, 0.2) is 48.8 Å². The molecule has 0 saturated heterocycles. The summed E-state index contributed by atoms with van der Waals surface area (Å²) < 4.78 is 0. The predicted molar refractivity (Wildman–Crippen MR) is 133 cm³/mol. The van der Waals surface area contributed by atoms with E-state index >= 15 is 0 Å². The molecule has 172 valence electrons. The highest BCUT2D eigenvalue weighted by Gasteiger charge is 2.56. The van der Waals surface area contributed by atoms with Crippen LogP contribution in [0.4, 0.5) is 5.69 Å². The van der Waals surface area contributed by atoms with Gasteiger partial charge in [-0.15, -0.1) is 0 Å². The molecule has 0 aromatic carbocycles. The highest BCUT2D eigenvalue weighted by molar-refractivity contribution is 5.84. The summed E-state index contributed by atoms with van der Waals surface area (Å²) in [5.41, 5.74) is 14.1. The third-order valence-electron chi connectivity index (χ3n) is 8.10. The molecule has 4 N–H and O–H groups in total. The van der Waals surface area contributed by atoms with Gasteiger partial charge in [-0.25, -0.2) is 4.98 Å². The number of hydrogen-bond donors (Lipinski definition) is 3. The van der Waals surface area contributed by atoms with E-state index in [1.807, 2.05) is 49.6 Å². The van der Waals surface area contributed by atoms with Crippen molar-refractivity contribution in [3.63, 3.8) is 0 Å². The minimum atomic E-state index is 0.00823. The Labute approximate surface area is 198 Å². The fourth-order valence-electron chi connectivity index (χ4n) is 7.37. The zero-order valence-electron chi connectivity index (χ0n) is 19.4. The minimum Gasteiger partial charge on any atom is -0.378 e. The highest BCUT2D eigenvalue weighted by Crippen LogP contribution is 2.57. The number of anilines is 1.